The van der Waals surface area contributed by atoms with Crippen molar-refractivity contribution >= 4 is 17.4 Å². The molecule has 1 aromatic heterocycles. The van der Waals surface area contributed by atoms with E-state index < -0.39 is 0 Å². The van der Waals surface area contributed by atoms with Crippen LogP contribution in [0, 0.1) is 5.41 Å². The van der Waals surface area contributed by atoms with E-state index in [-0.39, 0.29) is 11.2 Å². The molecule has 1 heterocycles. The SMILES string of the molecule is CC(C)(C)Cc1ccc(C(=O)c2ccc(Cl)cc2)nc1. The number of carbonyl (C=O) groups is 1. The van der Waals surface area contributed by atoms with E-state index in [1.165, 1.54) is 0 Å². The first-order valence-corrected chi connectivity index (χ1v) is 6.98. The summed E-state index contributed by atoms with van der Waals surface area (Å²) in [7, 11) is 0. The maximum Gasteiger partial charge on any atom is 0.211 e. The van der Waals surface area contributed by atoms with Crippen molar-refractivity contribution in [2.75, 3.05) is 0 Å². The number of halogens is 1. The van der Waals surface area contributed by atoms with Gasteiger partial charge in [-0.15, -0.1) is 0 Å². The monoisotopic (exact) mass is 287 g/mol. The lowest BCUT2D eigenvalue weighted by Gasteiger charge is -2.17. The predicted molar refractivity (Wildman–Crippen MR) is 82.3 cm³/mol. The summed E-state index contributed by atoms with van der Waals surface area (Å²) in [5.41, 5.74) is 2.42. The van der Waals surface area contributed by atoms with Crippen LogP contribution in [0.5, 0.6) is 0 Å². The summed E-state index contributed by atoms with van der Waals surface area (Å²) in [5, 5.41) is 0.620. The lowest BCUT2D eigenvalue weighted by Crippen LogP contribution is -2.10. The van der Waals surface area contributed by atoms with Crippen molar-refractivity contribution < 1.29 is 4.79 Å². The first-order valence-electron chi connectivity index (χ1n) is 6.60. The normalized spacial score (nSPS) is 11.4. The van der Waals surface area contributed by atoms with E-state index in [4.69, 9.17) is 11.6 Å². The van der Waals surface area contributed by atoms with Gasteiger partial charge in [-0.25, -0.2) is 0 Å². The molecule has 0 saturated heterocycles. The molecule has 0 saturated carbocycles. The lowest BCUT2D eigenvalue weighted by atomic mass is 9.89. The molecule has 3 heteroatoms. The molecule has 0 aliphatic carbocycles. The molecule has 2 aromatic rings. The Morgan fingerprint density at radius 3 is 2.25 bits per heavy atom. The highest BCUT2D eigenvalue weighted by Crippen LogP contribution is 2.20. The van der Waals surface area contributed by atoms with Crippen LogP contribution >= 0.6 is 11.6 Å². The molecule has 0 fully saturated rings. The minimum Gasteiger partial charge on any atom is -0.287 e. The minimum atomic E-state index is -0.0797. The van der Waals surface area contributed by atoms with E-state index in [1.54, 1.807) is 36.5 Å². The minimum absolute atomic E-state index is 0.0797. The number of aromatic nitrogens is 1. The Morgan fingerprint density at radius 1 is 1.10 bits per heavy atom. The topological polar surface area (TPSA) is 30.0 Å². The van der Waals surface area contributed by atoms with Crippen molar-refractivity contribution in [1.82, 2.24) is 4.98 Å². The Kier molecular flexibility index (Phi) is 4.24. The molecule has 0 atom stereocenters. The van der Waals surface area contributed by atoms with Gasteiger partial charge in [0.15, 0.2) is 0 Å². The molecule has 104 valence electrons. The van der Waals surface area contributed by atoms with Crippen LogP contribution in [0.4, 0.5) is 0 Å². The molecule has 2 rings (SSSR count). The number of benzene rings is 1. The third-order valence-electron chi connectivity index (χ3n) is 2.90. The highest BCUT2D eigenvalue weighted by atomic mass is 35.5. The zero-order valence-electron chi connectivity index (χ0n) is 12.0. The Balaban J connectivity index is 2.17. The quantitative estimate of drug-likeness (QED) is 0.775. The summed E-state index contributed by atoms with van der Waals surface area (Å²) in [6.45, 7) is 6.54. The third kappa shape index (κ3) is 3.91. The molecule has 0 amide bonds. The van der Waals surface area contributed by atoms with Gasteiger partial charge in [-0.2, -0.15) is 0 Å². The molecule has 0 bridgehead atoms. The fourth-order valence-electron chi connectivity index (χ4n) is 2.02. The van der Waals surface area contributed by atoms with Gasteiger partial charge in [0.05, 0.1) is 0 Å². The van der Waals surface area contributed by atoms with Gasteiger partial charge in [-0.05, 0) is 47.7 Å². The lowest BCUT2D eigenvalue weighted by molar-refractivity contribution is 0.103. The number of hydrogen-bond acceptors (Lipinski definition) is 2. The van der Waals surface area contributed by atoms with Crippen LogP contribution in [-0.4, -0.2) is 10.8 Å². The number of rotatable bonds is 3. The van der Waals surface area contributed by atoms with Crippen LogP contribution in [0.1, 0.15) is 42.4 Å². The van der Waals surface area contributed by atoms with Crippen molar-refractivity contribution in [1.29, 1.82) is 0 Å². The summed E-state index contributed by atoms with van der Waals surface area (Å²) < 4.78 is 0. The van der Waals surface area contributed by atoms with Gasteiger partial charge in [-0.1, -0.05) is 38.4 Å². The van der Waals surface area contributed by atoms with Gasteiger partial charge in [-0.3, -0.25) is 9.78 Å². The summed E-state index contributed by atoms with van der Waals surface area (Å²) in [4.78, 5) is 16.5. The smallest absolute Gasteiger partial charge is 0.211 e. The summed E-state index contributed by atoms with van der Waals surface area (Å²) in [6.07, 6.45) is 2.73. The molecular weight excluding hydrogens is 270 g/mol. The molecule has 0 aliphatic rings. The fourth-order valence-corrected chi connectivity index (χ4v) is 2.15. The maximum atomic E-state index is 12.2. The van der Waals surface area contributed by atoms with E-state index in [0.717, 1.165) is 12.0 Å². The van der Waals surface area contributed by atoms with Crippen molar-refractivity contribution in [3.8, 4) is 0 Å². The largest absolute Gasteiger partial charge is 0.287 e. The van der Waals surface area contributed by atoms with Crippen molar-refractivity contribution in [3.63, 3.8) is 0 Å². The number of pyridine rings is 1. The predicted octanol–water partition coefficient (Wildman–Crippen LogP) is 4.55. The van der Waals surface area contributed by atoms with E-state index in [1.807, 2.05) is 6.07 Å². The molecule has 2 nitrogen and oxygen atoms in total. The Bertz CT molecular complexity index is 594. The average molecular weight is 288 g/mol. The van der Waals surface area contributed by atoms with Crippen LogP contribution in [0.3, 0.4) is 0 Å². The second kappa shape index (κ2) is 5.76. The second-order valence-corrected chi connectivity index (χ2v) is 6.56. The first kappa shape index (κ1) is 14.7. The summed E-state index contributed by atoms with van der Waals surface area (Å²) >= 11 is 5.82. The van der Waals surface area contributed by atoms with E-state index >= 15 is 0 Å². The number of nitrogens with zero attached hydrogens (tertiary/aromatic N) is 1. The number of ketones is 1. The van der Waals surface area contributed by atoms with Gasteiger partial charge in [0.1, 0.15) is 5.69 Å². The van der Waals surface area contributed by atoms with Gasteiger partial charge in [0.2, 0.25) is 5.78 Å². The Morgan fingerprint density at radius 2 is 1.75 bits per heavy atom. The standard InChI is InChI=1S/C17H18ClNO/c1-17(2,3)10-12-4-9-15(19-11-12)16(20)13-5-7-14(18)8-6-13/h4-9,11H,10H2,1-3H3. The Labute approximate surface area is 124 Å². The van der Waals surface area contributed by atoms with E-state index in [0.29, 0.717) is 16.3 Å². The molecule has 0 unspecified atom stereocenters. The number of hydrogen-bond donors (Lipinski definition) is 0. The average Bonchev–Trinajstić information content (AvgIpc) is 2.38. The molecule has 0 spiro atoms. The zero-order valence-corrected chi connectivity index (χ0v) is 12.7. The molecule has 0 radical (unpaired) electrons. The summed E-state index contributed by atoms with van der Waals surface area (Å²) in [6, 6.07) is 10.6. The highest BCUT2D eigenvalue weighted by Gasteiger charge is 2.13. The number of carbonyl (C=O) groups excluding carboxylic acids is 1. The summed E-state index contributed by atoms with van der Waals surface area (Å²) in [5.74, 6) is -0.0797. The van der Waals surface area contributed by atoms with Crippen molar-refractivity contribution in [2.45, 2.75) is 27.2 Å². The van der Waals surface area contributed by atoms with Crippen LogP contribution < -0.4 is 0 Å². The van der Waals surface area contributed by atoms with Gasteiger partial charge in [0, 0.05) is 16.8 Å². The van der Waals surface area contributed by atoms with Crippen molar-refractivity contribution in [3.05, 3.63) is 64.4 Å². The van der Waals surface area contributed by atoms with Crippen LogP contribution in [-0.2, 0) is 6.42 Å². The molecular formula is C17H18ClNO. The molecule has 20 heavy (non-hydrogen) atoms. The van der Waals surface area contributed by atoms with Crippen LogP contribution in [0.2, 0.25) is 5.02 Å². The molecule has 1 aromatic carbocycles. The maximum absolute atomic E-state index is 12.2. The first-order chi connectivity index (χ1) is 9.35. The molecule has 0 N–H and O–H groups in total. The molecule has 0 aliphatic heterocycles. The van der Waals surface area contributed by atoms with Crippen LogP contribution in [0.25, 0.3) is 0 Å². The third-order valence-corrected chi connectivity index (χ3v) is 3.15. The highest BCUT2D eigenvalue weighted by molar-refractivity contribution is 6.30. The van der Waals surface area contributed by atoms with Gasteiger partial charge < -0.3 is 0 Å². The van der Waals surface area contributed by atoms with E-state index in [2.05, 4.69) is 25.8 Å². The zero-order chi connectivity index (χ0) is 14.8. The van der Waals surface area contributed by atoms with Gasteiger partial charge >= 0.3 is 0 Å². The van der Waals surface area contributed by atoms with Gasteiger partial charge in [0.25, 0.3) is 0 Å². The van der Waals surface area contributed by atoms with Crippen molar-refractivity contribution in [2.24, 2.45) is 5.41 Å². The van der Waals surface area contributed by atoms with E-state index in [9.17, 15) is 4.79 Å². The Hall–Kier alpha value is -1.67. The second-order valence-electron chi connectivity index (χ2n) is 6.13. The van der Waals surface area contributed by atoms with Crippen LogP contribution in [0.15, 0.2) is 42.6 Å². The fraction of sp³-hybridized carbons (Fsp3) is 0.294.